The van der Waals surface area contributed by atoms with Crippen molar-refractivity contribution in [1.82, 2.24) is 58.5 Å². The van der Waals surface area contributed by atoms with Crippen LogP contribution in [0.4, 0.5) is 0 Å². The van der Waals surface area contributed by atoms with Crippen LogP contribution < -0.4 is 75.7 Å². The van der Waals surface area contributed by atoms with E-state index in [9.17, 15) is 82.8 Å². The number of aliphatic hydroxyl groups is 2. The predicted molar refractivity (Wildman–Crippen MR) is 260 cm³/mol. The molecular formula is C43H73N15O17. The van der Waals surface area contributed by atoms with Gasteiger partial charge in [0.05, 0.1) is 45.3 Å². The number of aliphatic hydroxyl groups excluding tert-OH is 2. The van der Waals surface area contributed by atoms with Gasteiger partial charge in [-0.05, 0) is 56.9 Å². The second-order valence-electron chi connectivity index (χ2n) is 18.0. The number of carboxylic acids is 2. The number of hydrogen-bond acceptors (Lipinski definition) is 17. The largest absolute Gasteiger partial charge is 0.481 e. The fourth-order valence-corrected chi connectivity index (χ4v) is 6.91. The number of rotatable bonds is 35. The molecule has 8 atom stereocenters. The molecule has 75 heavy (non-hydrogen) atoms. The number of aliphatic carboxylic acids is 2. The summed E-state index contributed by atoms with van der Waals surface area (Å²) in [5.74, 6) is -14.7. The summed E-state index contributed by atoms with van der Waals surface area (Å²) in [5, 5.41) is 63.9. The third kappa shape index (κ3) is 26.2. The number of primary amides is 1. The van der Waals surface area contributed by atoms with Crippen molar-refractivity contribution in [3.05, 3.63) is 0 Å². The molecule has 1 aliphatic heterocycles. The molecule has 1 heterocycles. The molecule has 422 valence electrons. The zero-order valence-corrected chi connectivity index (χ0v) is 42.2. The van der Waals surface area contributed by atoms with E-state index in [1.807, 2.05) is 0 Å². The molecule has 1 rings (SSSR count). The lowest BCUT2D eigenvalue weighted by atomic mass is 10.0. The third-order valence-electron chi connectivity index (χ3n) is 10.8. The van der Waals surface area contributed by atoms with Gasteiger partial charge in [0.1, 0.15) is 42.3 Å². The minimum absolute atomic E-state index is 0.0301. The zero-order valence-electron chi connectivity index (χ0n) is 42.2. The number of carbonyl (C=O) groups excluding carboxylic acids is 11. The normalized spacial score (nSPS) is 15.7. The summed E-state index contributed by atoms with van der Waals surface area (Å²) in [6, 6.07) is -11.3. The van der Waals surface area contributed by atoms with Crippen molar-refractivity contribution in [1.29, 1.82) is 0 Å². The Labute approximate surface area is 430 Å². The van der Waals surface area contributed by atoms with Crippen molar-refractivity contribution in [2.75, 3.05) is 45.9 Å². The Kier molecular flexibility index (Phi) is 29.5. The van der Waals surface area contributed by atoms with Crippen LogP contribution in [0, 0.1) is 11.8 Å². The van der Waals surface area contributed by atoms with E-state index in [1.54, 1.807) is 13.8 Å². The Balaban J connectivity index is 2.96. The monoisotopic (exact) mass is 1070 g/mol. The van der Waals surface area contributed by atoms with Gasteiger partial charge in [0.25, 0.3) is 0 Å². The van der Waals surface area contributed by atoms with Gasteiger partial charge in [-0.25, -0.2) is 4.79 Å². The molecule has 32 nitrogen and oxygen atoms in total. The van der Waals surface area contributed by atoms with Crippen LogP contribution in [0.3, 0.4) is 0 Å². The zero-order chi connectivity index (χ0) is 56.9. The van der Waals surface area contributed by atoms with Crippen molar-refractivity contribution in [2.45, 2.75) is 127 Å². The van der Waals surface area contributed by atoms with Crippen molar-refractivity contribution in [2.24, 2.45) is 34.0 Å². The summed E-state index contributed by atoms with van der Waals surface area (Å²) in [5.41, 5.74) is 16.0. The van der Waals surface area contributed by atoms with Crippen molar-refractivity contribution in [3.63, 3.8) is 0 Å². The summed E-state index contributed by atoms with van der Waals surface area (Å²) in [6.45, 7) is 2.58. The number of nitrogens with zero attached hydrogens (tertiary/aromatic N) is 1. The van der Waals surface area contributed by atoms with Crippen LogP contribution in [0.25, 0.3) is 0 Å². The molecule has 1 aliphatic rings. The number of amides is 11. The molecule has 1 saturated heterocycles. The predicted octanol–water partition coefficient (Wildman–Crippen LogP) is -8.95. The highest BCUT2D eigenvalue weighted by Gasteiger charge is 2.33. The number of hydrogen-bond donors (Lipinski definition) is 18. The van der Waals surface area contributed by atoms with E-state index < -0.39 is 183 Å². The summed E-state index contributed by atoms with van der Waals surface area (Å²) >= 11 is 0. The van der Waals surface area contributed by atoms with E-state index in [0.717, 1.165) is 6.42 Å². The van der Waals surface area contributed by atoms with Crippen molar-refractivity contribution < 1.29 is 82.8 Å². The molecule has 0 aliphatic carbocycles. The topological polar surface area (TPSA) is 526 Å². The van der Waals surface area contributed by atoms with Crippen LogP contribution in [0.15, 0.2) is 4.99 Å². The summed E-state index contributed by atoms with van der Waals surface area (Å²) in [6.07, 6.45) is -0.466. The van der Waals surface area contributed by atoms with Gasteiger partial charge in [-0.2, -0.15) is 0 Å². The Morgan fingerprint density at radius 2 is 1.07 bits per heavy atom. The molecule has 0 radical (unpaired) electrons. The number of carbonyl (C=O) groups is 13. The highest BCUT2D eigenvalue weighted by Crippen LogP contribution is 2.09. The lowest BCUT2D eigenvalue weighted by Gasteiger charge is -2.25. The Morgan fingerprint density at radius 3 is 1.49 bits per heavy atom. The first kappa shape index (κ1) is 65.3. The lowest BCUT2D eigenvalue weighted by molar-refractivity contribution is -0.142. The van der Waals surface area contributed by atoms with Gasteiger partial charge in [0.2, 0.25) is 65.0 Å². The highest BCUT2D eigenvalue weighted by molar-refractivity contribution is 5.98. The molecule has 0 aromatic heterocycles. The molecule has 8 unspecified atom stereocenters. The minimum Gasteiger partial charge on any atom is -0.481 e. The SMILES string of the molecule is CC(C)CC(NC(=O)CNC(=O)C(CO)NC(=O)C(CCC(=O)O)NC(=O)CNC(=O)C(NC(=O)C(CC(N)=O)NC(=O)CNC(=O)C(CO)NC(=O)C(CCCN=C(N)N)NC(=O)C1CCCN1)C(C)C)C(=O)O. The van der Waals surface area contributed by atoms with Crippen molar-refractivity contribution >= 4 is 82.9 Å². The summed E-state index contributed by atoms with van der Waals surface area (Å²) in [4.78, 5) is 169. The van der Waals surface area contributed by atoms with E-state index in [4.69, 9.17) is 17.2 Å². The number of nitrogens with one attached hydrogen (secondary N) is 11. The average Bonchev–Trinajstić information content (AvgIpc) is 3.88. The molecule has 0 saturated carbocycles. The summed E-state index contributed by atoms with van der Waals surface area (Å²) < 4.78 is 0. The van der Waals surface area contributed by atoms with Gasteiger partial charge in [-0.1, -0.05) is 27.7 Å². The minimum atomic E-state index is -1.75. The van der Waals surface area contributed by atoms with Gasteiger partial charge in [0.15, 0.2) is 5.96 Å². The smallest absolute Gasteiger partial charge is 0.326 e. The molecule has 0 aromatic carbocycles. The third-order valence-corrected chi connectivity index (χ3v) is 10.8. The van der Waals surface area contributed by atoms with Crippen LogP contribution in [-0.2, 0) is 62.3 Å². The fourth-order valence-electron chi connectivity index (χ4n) is 6.91. The molecule has 1 fully saturated rings. The van der Waals surface area contributed by atoms with Crippen LogP contribution in [0.2, 0.25) is 0 Å². The molecule has 0 spiro atoms. The van der Waals surface area contributed by atoms with Gasteiger partial charge in [0, 0.05) is 13.0 Å². The first-order chi connectivity index (χ1) is 35.2. The van der Waals surface area contributed by atoms with Gasteiger partial charge in [-0.3, -0.25) is 62.5 Å². The molecular weight excluding hydrogens is 999 g/mol. The Hall–Kier alpha value is -7.74. The molecule has 11 amide bonds. The molecule has 32 heteroatoms. The van der Waals surface area contributed by atoms with Gasteiger partial charge >= 0.3 is 11.9 Å². The lowest BCUT2D eigenvalue weighted by Crippen LogP contribution is -2.59. The maximum absolute atomic E-state index is 13.4. The maximum atomic E-state index is 13.4. The van der Waals surface area contributed by atoms with Crippen LogP contribution >= 0.6 is 0 Å². The number of guanidine groups is 1. The first-order valence-electron chi connectivity index (χ1n) is 23.8. The van der Waals surface area contributed by atoms with E-state index in [0.29, 0.717) is 13.0 Å². The number of aliphatic imine (C=N–C) groups is 1. The number of nitrogens with two attached hydrogens (primary N) is 3. The standard InChI is InChI=1S/C43H73N15O17/c1-20(2)13-26(42(74)75)54-32(64)16-50-36(68)28(19-60)57-39(71)24(9-10-33(65)66)52-30(62)17-51-41(73)34(21(3)4)58-40(72)25(14-29(44)61)53-31(63)15-49-35(67)27(18-59)56-38(70)23(8-6-12-48-43(45)46)55-37(69)22-7-5-11-47-22/h20-28,34,47,59-60H,5-19H2,1-4H3,(H2,44,61)(H,49,67)(H,50,68)(H,51,73)(H,52,62)(H,53,63)(H,54,64)(H,55,69)(H,56,70)(H,57,71)(H,58,72)(H,65,66)(H,74,75)(H4,45,46,48). The molecule has 0 bridgehead atoms. The fraction of sp³-hybridized carbons (Fsp3) is 0.674. The Bertz CT molecular complexity index is 2060. The molecule has 21 N–H and O–H groups in total. The summed E-state index contributed by atoms with van der Waals surface area (Å²) in [7, 11) is 0. The van der Waals surface area contributed by atoms with E-state index >= 15 is 0 Å². The second kappa shape index (κ2) is 33.9. The Morgan fingerprint density at radius 1 is 0.587 bits per heavy atom. The maximum Gasteiger partial charge on any atom is 0.326 e. The van der Waals surface area contributed by atoms with Gasteiger partial charge in [-0.15, -0.1) is 0 Å². The quantitative estimate of drug-likeness (QED) is 0.0159. The van der Waals surface area contributed by atoms with E-state index in [2.05, 4.69) is 63.5 Å². The highest BCUT2D eigenvalue weighted by atomic mass is 16.4. The first-order valence-corrected chi connectivity index (χ1v) is 23.8. The molecule has 0 aromatic rings. The van der Waals surface area contributed by atoms with E-state index in [-0.39, 0.29) is 37.7 Å². The number of carboxylic acid groups (broad SMARTS) is 2. The average molecular weight is 1070 g/mol. The van der Waals surface area contributed by atoms with Crippen LogP contribution in [-0.4, -0.2) is 198 Å². The van der Waals surface area contributed by atoms with E-state index in [1.165, 1.54) is 13.8 Å². The van der Waals surface area contributed by atoms with Crippen LogP contribution in [0.1, 0.15) is 79.1 Å². The van der Waals surface area contributed by atoms with Crippen molar-refractivity contribution in [3.8, 4) is 0 Å². The van der Waals surface area contributed by atoms with Gasteiger partial charge < -0.3 is 96.1 Å². The van der Waals surface area contributed by atoms with Crippen LogP contribution in [0.5, 0.6) is 0 Å². The second-order valence-corrected chi connectivity index (χ2v) is 18.0.